The average Bonchev–Trinajstić information content (AvgIpc) is 2.91. The lowest BCUT2D eigenvalue weighted by Gasteiger charge is -2.09. The number of rotatable bonds is 2. The van der Waals surface area contributed by atoms with E-state index in [2.05, 4.69) is 0 Å². The molecule has 1 saturated carbocycles. The van der Waals surface area contributed by atoms with Gasteiger partial charge in [-0.2, -0.15) is 0 Å². The Morgan fingerprint density at radius 3 is 2.69 bits per heavy atom. The van der Waals surface area contributed by atoms with Gasteiger partial charge >= 0.3 is 0 Å². The molecule has 0 aliphatic heterocycles. The number of hydrogen-bond donors (Lipinski definition) is 1. The zero-order chi connectivity index (χ0) is 9.42. The van der Waals surface area contributed by atoms with Gasteiger partial charge in [-0.3, -0.25) is 0 Å². The van der Waals surface area contributed by atoms with E-state index < -0.39 is 6.10 Å². The number of aryl methyl sites for hydroxylation is 1. The molecule has 0 aromatic heterocycles. The molecule has 70 valence electrons. The van der Waals surface area contributed by atoms with Gasteiger partial charge in [0.25, 0.3) is 0 Å². The molecule has 0 spiro atoms. The highest BCUT2D eigenvalue weighted by Gasteiger charge is 2.30. The molecular weight excluding hydrogens is 167 g/mol. The third kappa shape index (κ3) is 1.73. The van der Waals surface area contributed by atoms with Crippen LogP contribution in [0.25, 0.3) is 0 Å². The molecule has 1 aromatic rings. The summed E-state index contributed by atoms with van der Waals surface area (Å²) in [7, 11) is 0. The summed E-state index contributed by atoms with van der Waals surface area (Å²) in [6.07, 6.45) is 1.67. The summed E-state index contributed by atoms with van der Waals surface area (Å²) in [6.45, 7) is 1.72. The molecule has 0 unspecified atom stereocenters. The molecule has 2 heteroatoms. The van der Waals surface area contributed by atoms with E-state index in [9.17, 15) is 9.50 Å². The zero-order valence-electron chi connectivity index (χ0n) is 7.63. The fourth-order valence-electron chi connectivity index (χ4n) is 1.48. The number of hydrogen-bond acceptors (Lipinski definition) is 1. The highest BCUT2D eigenvalue weighted by atomic mass is 19.1. The molecule has 0 amide bonds. The number of aliphatic hydroxyl groups is 1. The largest absolute Gasteiger partial charge is 0.388 e. The molecule has 1 aliphatic rings. The van der Waals surface area contributed by atoms with Crippen molar-refractivity contribution < 1.29 is 9.50 Å². The fraction of sp³-hybridized carbons (Fsp3) is 0.455. The lowest BCUT2D eigenvalue weighted by Crippen LogP contribution is -2.00. The van der Waals surface area contributed by atoms with Crippen LogP contribution < -0.4 is 0 Å². The van der Waals surface area contributed by atoms with Crippen LogP contribution in [-0.2, 0) is 0 Å². The van der Waals surface area contributed by atoms with Crippen molar-refractivity contribution in [1.29, 1.82) is 0 Å². The molecule has 1 aromatic carbocycles. The monoisotopic (exact) mass is 180 g/mol. The summed E-state index contributed by atoms with van der Waals surface area (Å²) in [5.41, 5.74) is 1.34. The molecule has 0 radical (unpaired) electrons. The SMILES string of the molecule is Cc1ccc([C@H](O)C2CC2)cc1F. The predicted molar refractivity (Wildman–Crippen MR) is 48.8 cm³/mol. The number of halogens is 1. The van der Waals surface area contributed by atoms with Gasteiger partial charge in [0, 0.05) is 0 Å². The van der Waals surface area contributed by atoms with Gasteiger partial charge in [-0.15, -0.1) is 0 Å². The van der Waals surface area contributed by atoms with E-state index in [1.807, 2.05) is 0 Å². The molecule has 0 bridgehead atoms. The van der Waals surface area contributed by atoms with Crippen LogP contribution >= 0.6 is 0 Å². The van der Waals surface area contributed by atoms with Crippen molar-refractivity contribution in [3.63, 3.8) is 0 Å². The Labute approximate surface area is 77.2 Å². The van der Waals surface area contributed by atoms with Crippen molar-refractivity contribution in [2.24, 2.45) is 5.92 Å². The molecule has 0 saturated heterocycles. The summed E-state index contributed by atoms with van der Waals surface area (Å²) in [5, 5.41) is 9.71. The van der Waals surface area contributed by atoms with Gasteiger partial charge in [0.1, 0.15) is 5.82 Å². The van der Waals surface area contributed by atoms with Gasteiger partial charge in [0.2, 0.25) is 0 Å². The first-order chi connectivity index (χ1) is 6.18. The second-order valence-corrected chi connectivity index (χ2v) is 3.79. The molecule has 1 nitrogen and oxygen atoms in total. The minimum absolute atomic E-state index is 0.225. The Morgan fingerprint density at radius 2 is 2.15 bits per heavy atom. The summed E-state index contributed by atoms with van der Waals surface area (Å²) in [6, 6.07) is 4.97. The minimum Gasteiger partial charge on any atom is -0.388 e. The van der Waals surface area contributed by atoms with Crippen LogP contribution in [0.1, 0.15) is 30.1 Å². The van der Waals surface area contributed by atoms with Crippen LogP contribution in [0.5, 0.6) is 0 Å². The van der Waals surface area contributed by atoms with Gasteiger partial charge in [-0.05, 0) is 42.9 Å². The van der Waals surface area contributed by atoms with E-state index in [1.165, 1.54) is 6.07 Å². The maximum Gasteiger partial charge on any atom is 0.126 e. The molecule has 1 N–H and O–H groups in total. The average molecular weight is 180 g/mol. The summed E-state index contributed by atoms with van der Waals surface area (Å²) >= 11 is 0. The van der Waals surface area contributed by atoms with Gasteiger partial charge in [-0.1, -0.05) is 12.1 Å². The molecule has 13 heavy (non-hydrogen) atoms. The van der Waals surface area contributed by atoms with Crippen LogP contribution in [0.2, 0.25) is 0 Å². The lowest BCUT2D eigenvalue weighted by atomic mass is 10.0. The summed E-state index contributed by atoms with van der Waals surface area (Å²) < 4.78 is 13.1. The Balaban J connectivity index is 2.24. The van der Waals surface area contributed by atoms with Crippen LogP contribution in [0.4, 0.5) is 4.39 Å². The third-order valence-corrected chi connectivity index (χ3v) is 2.61. The Bertz CT molecular complexity index is 318. The summed E-state index contributed by atoms with van der Waals surface area (Å²) in [5.74, 6) is 0.138. The van der Waals surface area contributed by atoms with Crippen molar-refractivity contribution in [2.45, 2.75) is 25.9 Å². The molecule has 1 aliphatic carbocycles. The topological polar surface area (TPSA) is 20.2 Å². The van der Waals surface area contributed by atoms with E-state index in [-0.39, 0.29) is 5.82 Å². The van der Waals surface area contributed by atoms with Crippen molar-refractivity contribution in [1.82, 2.24) is 0 Å². The van der Waals surface area contributed by atoms with Gasteiger partial charge in [0.15, 0.2) is 0 Å². The van der Waals surface area contributed by atoms with Crippen LogP contribution in [0.15, 0.2) is 18.2 Å². The van der Waals surface area contributed by atoms with E-state index in [0.717, 1.165) is 12.8 Å². The highest BCUT2D eigenvalue weighted by Crippen LogP contribution is 2.40. The van der Waals surface area contributed by atoms with Crippen molar-refractivity contribution >= 4 is 0 Å². The quantitative estimate of drug-likeness (QED) is 0.741. The first kappa shape index (κ1) is 8.70. The van der Waals surface area contributed by atoms with E-state index in [1.54, 1.807) is 19.1 Å². The van der Waals surface area contributed by atoms with Crippen molar-refractivity contribution in [3.05, 3.63) is 35.1 Å². The maximum atomic E-state index is 13.1. The normalized spacial score (nSPS) is 18.7. The Morgan fingerprint density at radius 1 is 1.46 bits per heavy atom. The van der Waals surface area contributed by atoms with E-state index in [4.69, 9.17) is 0 Å². The fourth-order valence-corrected chi connectivity index (χ4v) is 1.48. The van der Waals surface area contributed by atoms with Gasteiger partial charge in [-0.25, -0.2) is 4.39 Å². The highest BCUT2D eigenvalue weighted by molar-refractivity contribution is 5.25. The van der Waals surface area contributed by atoms with Crippen molar-refractivity contribution in [2.75, 3.05) is 0 Å². The lowest BCUT2D eigenvalue weighted by molar-refractivity contribution is 0.153. The third-order valence-electron chi connectivity index (χ3n) is 2.61. The first-order valence-electron chi connectivity index (χ1n) is 4.62. The van der Waals surface area contributed by atoms with Crippen LogP contribution in [-0.4, -0.2) is 5.11 Å². The van der Waals surface area contributed by atoms with Gasteiger partial charge in [0.05, 0.1) is 6.10 Å². The molecular formula is C11H13FO. The van der Waals surface area contributed by atoms with Crippen LogP contribution in [0.3, 0.4) is 0 Å². The second kappa shape index (κ2) is 3.11. The molecule has 1 fully saturated rings. The van der Waals surface area contributed by atoms with Crippen LogP contribution in [0, 0.1) is 18.7 Å². The maximum absolute atomic E-state index is 13.1. The standard InChI is InChI=1S/C11H13FO/c1-7-2-3-9(6-10(7)12)11(13)8-4-5-8/h2-3,6,8,11,13H,4-5H2,1H3/t11-/m1/s1. The Kier molecular flexibility index (Phi) is 2.08. The molecule has 0 heterocycles. The van der Waals surface area contributed by atoms with E-state index in [0.29, 0.717) is 17.0 Å². The Hall–Kier alpha value is -0.890. The summed E-state index contributed by atoms with van der Waals surface area (Å²) in [4.78, 5) is 0. The molecule has 2 rings (SSSR count). The second-order valence-electron chi connectivity index (χ2n) is 3.79. The number of benzene rings is 1. The van der Waals surface area contributed by atoms with Crippen molar-refractivity contribution in [3.8, 4) is 0 Å². The number of aliphatic hydroxyl groups excluding tert-OH is 1. The van der Waals surface area contributed by atoms with E-state index >= 15 is 0 Å². The first-order valence-corrected chi connectivity index (χ1v) is 4.62. The predicted octanol–water partition coefficient (Wildman–Crippen LogP) is 2.58. The zero-order valence-corrected chi connectivity index (χ0v) is 7.63. The van der Waals surface area contributed by atoms with Gasteiger partial charge < -0.3 is 5.11 Å². The minimum atomic E-state index is -0.463. The molecule has 1 atom stereocenters. The smallest absolute Gasteiger partial charge is 0.126 e.